The van der Waals surface area contributed by atoms with Crippen LogP contribution < -0.4 is 0 Å². The van der Waals surface area contributed by atoms with Gasteiger partial charge < -0.3 is 0 Å². The fourth-order valence-electron chi connectivity index (χ4n) is 1.77. The maximum absolute atomic E-state index is 11.0. The van der Waals surface area contributed by atoms with Crippen molar-refractivity contribution in [3.05, 3.63) is 0 Å². The molecule has 0 N–H and O–H groups in total. The molecule has 0 unspecified atom stereocenters. The van der Waals surface area contributed by atoms with Gasteiger partial charge in [-0.1, -0.05) is 0 Å². The van der Waals surface area contributed by atoms with Gasteiger partial charge in [0, 0.05) is 18.5 Å². The molecule has 1 aliphatic carbocycles. The first-order chi connectivity index (χ1) is 4.77. The van der Waals surface area contributed by atoms with Crippen LogP contribution in [0.2, 0.25) is 0 Å². The molecule has 2 rings (SSSR count). The SMILES string of the molecule is C[C@@H]1CC(=O)CN1C1CC1. The van der Waals surface area contributed by atoms with E-state index in [4.69, 9.17) is 0 Å². The number of hydrogen-bond acceptors (Lipinski definition) is 2. The van der Waals surface area contributed by atoms with E-state index in [0.29, 0.717) is 11.8 Å². The van der Waals surface area contributed by atoms with Crippen LogP contribution >= 0.6 is 0 Å². The van der Waals surface area contributed by atoms with Crippen LogP contribution in [-0.2, 0) is 4.79 Å². The van der Waals surface area contributed by atoms with E-state index in [1.807, 2.05) is 0 Å². The molecule has 1 heterocycles. The highest BCUT2D eigenvalue weighted by Gasteiger charge is 2.37. The third-order valence-corrected chi connectivity index (χ3v) is 2.46. The van der Waals surface area contributed by atoms with E-state index in [2.05, 4.69) is 11.8 Å². The Balaban J connectivity index is 2.01. The summed E-state index contributed by atoms with van der Waals surface area (Å²) in [5.41, 5.74) is 0. The largest absolute Gasteiger partial charge is 0.298 e. The van der Waals surface area contributed by atoms with Gasteiger partial charge in [0.05, 0.1) is 6.54 Å². The first kappa shape index (κ1) is 6.35. The van der Waals surface area contributed by atoms with E-state index in [1.165, 1.54) is 12.8 Å². The summed E-state index contributed by atoms with van der Waals surface area (Å²) >= 11 is 0. The number of likely N-dealkylation sites (tertiary alicyclic amines) is 1. The van der Waals surface area contributed by atoms with E-state index in [-0.39, 0.29) is 0 Å². The Kier molecular flexibility index (Phi) is 1.31. The summed E-state index contributed by atoms with van der Waals surface area (Å²) in [6.07, 6.45) is 3.42. The van der Waals surface area contributed by atoms with Gasteiger partial charge in [0.15, 0.2) is 0 Å². The second-order valence-corrected chi connectivity index (χ2v) is 3.50. The van der Waals surface area contributed by atoms with Crippen molar-refractivity contribution < 1.29 is 4.79 Å². The fraction of sp³-hybridized carbons (Fsp3) is 0.875. The Morgan fingerprint density at radius 1 is 1.50 bits per heavy atom. The predicted octanol–water partition coefficient (Wildman–Crippen LogP) is 0.812. The highest BCUT2D eigenvalue weighted by Crippen LogP contribution is 2.31. The topological polar surface area (TPSA) is 20.3 Å². The number of carbonyl (C=O) groups excluding carboxylic acids is 1. The normalized spacial score (nSPS) is 35.3. The van der Waals surface area contributed by atoms with Crippen molar-refractivity contribution in [2.45, 2.75) is 38.3 Å². The zero-order valence-electron chi connectivity index (χ0n) is 6.34. The summed E-state index contributed by atoms with van der Waals surface area (Å²) in [6, 6.07) is 1.29. The van der Waals surface area contributed by atoms with Crippen molar-refractivity contribution in [2.24, 2.45) is 0 Å². The molecule has 56 valence electrons. The second kappa shape index (κ2) is 2.06. The van der Waals surface area contributed by atoms with Crippen molar-refractivity contribution >= 4 is 5.78 Å². The average molecular weight is 139 g/mol. The minimum absolute atomic E-state index is 0.430. The molecule has 2 aliphatic rings. The van der Waals surface area contributed by atoms with Gasteiger partial charge in [0.1, 0.15) is 5.78 Å². The van der Waals surface area contributed by atoms with Gasteiger partial charge in [-0.25, -0.2) is 0 Å². The Morgan fingerprint density at radius 2 is 2.20 bits per heavy atom. The molecule has 1 atom stereocenters. The molecule has 0 bridgehead atoms. The molecule has 1 aliphatic heterocycles. The Hall–Kier alpha value is -0.370. The van der Waals surface area contributed by atoms with Crippen LogP contribution in [0.1, 0.15) is 26.2 Å². The lowest BCUT2D eigenvalue weighted by molar-refractivity contribution is -0.117. The third kappa shape index (κ3) is 0.966. The van der Waals surface area contributed by atoms with Crippen LogP contribution in [0.25, 0.3) is 0 Å². The number of Topliss-reactive ketones (excluding diaryl/α,β-unsaturated/α-hetero) is 1. The Bertz CT molecular complexity index is 163. The Morgan fingerprint density at radius 3 is 2.60 bits per heavy atom. The summed E-state index contributed by atoms with van der Waals surface area (Å²) in [5, 5.41) is 0. The van der Waals surface area contributed by atoms with Gasteiger partial charge >= 0.3 is 0 Å². The van der Waals surface area contributed by atoms with Crippen LogP contribution in [0, 0.1) is 0 Å². The summed E-state index contributed by atoms with van der Waals surface area (Å²) in [7, 11) is 0. The van der Waals surface area contributed by atoms with Gasteiger partial charge in [0.2, 0.25) is 0 Å². The molecule has 0 spiro atoms. The summed E-state index contributed by atoms with van der Waals surface area (Å²) in [5.74, 6) is 0.430. The van der Waals surface area contributed by atoms with Crippen molar-refractivity contribution in [3.63, 3.8) is 0 Å². The van der Waals surface area contributed by atoms with E-state index < -0.39 is 0 Å². The molecular formula is C8H13NO. The van der Waals surface area contributed by atoms with Gasteiger partial charge in [0.25, 0.3) is 0 Å². The van der Waals surface area contributed by atoms with Gasteiger partial charge in [-0.05, 0) is 19.8 Å². The van der Waals surface area contributed by atoms with E-state index in [0.717, 1.165) is 19.0 Å². The molecule has 2 fully saturated rings. The number of nitrogens with zero attached hydrogens (tertiary/aromatic N) is 1. The van der Waals surface area contributed by atoms with E-state index >= 15 is 0 Å². The molecule has 0 aromatic rings. The molecule has 1 saturated carbocycles. The van der Waals surface area contributed by atoms with Crippen molar-refractivity contribution in [1.82, 2.24) is 4.90 Å². The van der Waals surface area contributed by atoms with Gasteiger partial charge in [-0.15, -0.1) is 0 Å². The summed E-state index contributed by atoms with van der Waals surface area (Å²) in [4.78, 5) is 13.3. The zero-order chi connectivity index (χ0) is 7.14. The molecule has 2 nitrogen and oxygen atoms in total. The maximum Gasteiger partial charge on any atom is 0.148 e. The summed E-state index contributed by atoms with van der Waals surface area (Å²) < 4.78 is 0. The smallest absolute Gasteiger partial charge is 0.148 e. The zero-order valence-corrected chi connectivity index (χ0v) is 6.34. The Labute approximate surface area is 61.2 Å². The summed E-state index contributed by atoms with van der Waals surface area (Å²) in [6.45, 7) is 2.88. The van der Waals surface area contributed by atoms with Crippen molar-refractivity contribution in [1.29, 1.82) is 0 Å². The minimum atomic E-state index is 0.430. The molecule has 0 aromatic carbocycles. The van der Waals surface area contributed by atoms with Crippen molar-refractivity contribution in [3.8, 4) is 0 Å². The quantitative estimate of drug-likeness (QED) is 0.536. The molecule has 0 aromatic heterocycles. The highest BCUT2D eigenvalue weighted by molar-refractivity contribution is 5.83. The maximum atomic E-state index is 11.0. The standard InChI is InChI=1S/C8H13NO/c1-6-4-8(10)5-9(6)7-2-3-7/h6-7H,2-5H2,1H3/t6-/m1/s1. The molecule has 2 heteroatoms. The van der Waals surface area contributed by atoms with Crippen LogP contribution in [-0.4, -0.2) is 29.3 Å². The van der Waals surface area contributed by atoms with E-state index in [1.54, 1.807) is 0 Å². The van der Waals surface area contributed by atoms with E-state index in [9.17, 15) is 4.79 Å². The van der Waals surface area contributed by atoms with Crippen LogP contribution in [0.4, 0.5) is 0 Å². The van der Waals surface area contributed by atoms with Crippen LogP contribution in [0.3, 0.4) is 0 Å². The number of rotatable bonds is 1. The molecule has 0 amide bonds. The number of carbonyl (C=O) groups is 1. The molecule has 10 heavy (non-hydrogen) atoms. The lowest BCUT2D eigenvalue weighted by Crippen LogP contribution is -2.29. The third-order valence-electron chi connectivity index (χ3n) is 2.46. The van der Waals surface area contributed by atoms with Crippen LogP contribution in [0.5, 0.6) is 0 Å². The number of ketones is 1. The lowest BCUT2D eigenvalue weighted by atomic mass is 10.2. The first-order valence-electron chi connectivity index (χ1n) is 4.05. The fourth-order valence-corrected chi connectivity index (χ4v) is 1.77. The highest BCUT2D eigenvalue weighted by atomic mass is 16.1. The molecular weight excluding hydrogens is 126 g/mol. The van der Waals surface area contributed by atoms with Crippen molar-refractivity contribution in [2.75, 3.05) is 6.54 Å². The number of hydrogen-bond donors (Lipinski definition) is 0. The minimum Gasteiger partial charge on any atom is -0.298 e. The van der Waals surface area contributed by atoms with Crippen LogP contribution in [0.15, 0.2) is 0 Å². The lowest BCUT2D eigenvalue weighted by Gasteiger charge is -2.18. The second-order valence-electron chi connectivity index (χ2n) is 3.50. The average Bonchev–Trinajstić information content (AvgIpc) is 2.61. The monoisotopic (exact) mass is 139 g/mol. The molecule has 0 radical (unpaired) electrons. The van der Waals surface area contributed by atoms with Gasteiger partial charge in [-0.2, -0.15) is 0 Å². The van der Waals surface area contributed by atoms with Gasteiger partial charge in [-0.3, -0.25) is 9.69 Å². The predicted molar refractivity (Wildman–Crippen MR) is 38.8 cm³/mol. The first-order valence-corrected chi connectivity index (χ1v) is 4.05. The molecule has 1 saturated heterocycles.